The third kappa shape index (κ3) is 3.17. The average Bonchev–Trinajstić information content (AvgIpc) is 2.56. The number of carbonyl (C=O) groups excluding carboxylic acids is 1. The third-order valence-corrected chi connectivity index (χ3v) is 3.07. The number of amidine groups is 2. The Hall–Kier alpha value is -3.03. The highest BCUT2D eigenvalue weighted by Crippen LogP contribution is 2.11. The highest BCUT2D eigenvalue weighted by atomic mass is 16.1. The van der Waals surface area contributed by atoms with E-state index in [9.17, 15) is 4.79 Å². The molecule has 1 aromatic heterocycles. The van der Waals surface area contributed by atoms with E-state index < -0.39 is 0 Å². The summed E-state index contributed by atoms with van der Waals surface area (Å²) < 4.78 is 0. The summed E-state index contributed by atoms with van der Waals surface area (Å²) in [6.45, 7) is 1.48. The summed E-state index contributed by atoms with van der Waals surface area (Å²) in [5, 5.41) is 11.2. The van der Waals surface area contributed by atoms with E-state index in [1.807, 2.05) is 18.2 Å². The number of pyridine rings is 1. The first kappa shape index (κ1) is 13.9. The zero-order valence-corrected chi connectivity index (χ0v) is 12.0. The standard InChI is InChI=1S/C14H15N7O/c1-9(22)17-10-5-6-12(16-8-10)14-20-18-13(19-21-14)11-4-2-3-7-15-11/h2-4,7-8H,5-6H2,1H3,(H,17,22)(H,18,19)(H,20,21). The minimum atomic E-state index is -0.0932. The van der Waals surface area contributed by atoms with E-state index in [1.165, 1.54) is 6.92 Å². The largest absolute Gasteiger partial charge is 0.328 e. The Labute approximate surface area is 127 Å². The van der Waals surface area contributed by atoms with Crippen LogP contribution in [0.5, 0.6) is 0 Å². The Bertz CT molecular complexity index is 703. The quantitative estimate of drug-likeness (QED) is 0.754. The van der Waals surface area contributed by atoms with Gasteiger partial charge < -0.3 is 5.32 Å². The number of hydrogen-bond acceptors (Lipinski definition) is 7. The first-order chi connectivity index (χ1) is 10.7. The highest BCUT2D eigenvalue weighted by Gasteiger charge is 2.18. The van der Waals surface area contributed by atoms with Crippen molar-refractivity contribution in [2.75, 3.05) is 0 Å². The Morgan fingerprint density at radius 3 is 2.59 bits per heavy atom. The Morgan fingerprint density at radius 1 is 1.18 bits per heavy atom. The van der Waals surface area contributed by atoms with Crippen LogP contribution in [0.15, 0.2) is 51.5 Å². The summed E-state index contributed by atoms with van der Waals surface area (Å²) in [5.41, 5.74) is 8.04. The minimum Gasteiger partial charge on any atom is -0.328 e. The molecule has 112 valence electrons. The molecular formula is C14H15N7O. The predicted molar refractivity (Wildman–Crippen MR) is 83.0 cm³/mol. The van der Waals surface area contributed by atoms with Crippen molar-refractivity contribution in [3.8, 4) is 0 Å². The van der Waals surface area contributed by atoms with Gasteiger partial charge in [-0.15, -0.1) is 0 Å². The van der Waals surface area contributed by atoms with Gasteiger partial charge in [0.15, 0.2) is 11.7 Å². The number of nitrogens with zero attached hydrogens (tertiary/aromatic N) is 4. The molecule has 8 nitrogen and oxygen atoms in total. The Balaban J connectivity index is 1.67. The molecule has 0 saturated carbocycles. The highest BCUT2D eigenvalue weighted by molar-refractivity contribution is 6.42. The Morgan fingerprint density at radius 2 is 2.00 bits per heavy atom. The first-order valence-electron chi connectivity index (χ1n) is 6.85. The predicted octanol–water partition coefficient (Wildman–Crippen LogP) is 0.462. The van der Waals surface area contributed by atoms with Gasteiger partial charge in [-0.3, -0.25) is 25.6 Å². The summed E-state index contributed by atoms with van der Waals surface area (Å²) >= 11 is 0. The molecular weight excluding hydrogens is 282 g/mol. The maximum atomic E-state index is 11.0. The van der Waals surface area contributed by atoms with Gasteiger partial charge >= 0.3 is 0 Å². The van der Waals surface area contributed by atoms with Crippen LogP contribution in [0.1, 0.15) is 25.5 Å². The van der Waals surface area contributed by atoms with Gasteiger partial charge in [0.25, 0.3) is 0 Å². The molecule has 2 aliphatic rings. The van der Waals surface area contributed by atoms with Gasteiger partial charge in [-0.2, -0.15) is 10.2 Å². The molecule has 0 fully saturated rings. The number of nitrogens with one attached hydrogen (secondary N) is 3. The Kier molecular flexibility index (Phi) is 3.90. The molecule has 0 saturated heterocycles. The van der Waals surface area contributed by atoms with Gasteiger partial charge in [0.05, 0.1) is 5.71 Å². The molecule has 3 N–H and O–H groups in total. The molecule has 1 aromatic rings. The number of hydrogen-bond donors (Lipinski definition) is 3. The fraction of sp³-hybridized carbons (Fsp3) is 0.214. The van der Waals surface area contributed by atoms with Crippen molar-refractivity contribution in [1.29, 1.82) is 0 Å². The molecule has 0 spiro atoms. The van der Waals surface area contributed by atoms with E-state index in [0.717, 1.165) is 11.4 Å². The third-order valence-electron chi connectivity index (χ3n) is 3.07. The lowest BCUT2D eigenvalue weighted by atomic mass is 10.1. The van der Waals surface area contributed by atoms with E-state index in [1.54, 1.807) is 12.4 Å². The smallest absolute Gasteiger partial charge is 0.221 e. The van der Waals surface area contributed by atoms with Gasteiger partial charge in [-0.25, -0.2) is 0 Å². The molecule has 2 aliphatic heterocycles. The summed E-state index contributed by atoms with van der Waals surface area (Å²) in [7, 11) is 0. The zero-order valence-electron chi connectivity index (χ0n) is 12.0. The van der Waals surface area contributed by atoms with Crippen LogP contribution in [0.3, 0.4) is 0 Å². The maximum absolute atomic E-state index is 11.0. The van der Waals surface area contributed by atoms with Crippen LogP contribution in [0.2, 0.25) is 0 Å². The lowest BCUT2D eigenvalue weighted by molar-refractivity contribution is -0.118. The molecule has 8 heteroatoms. The average molecular weight is 297 g/mol. The van der Waals surface area contributed by atoms with Gasteiger partial charge in [0, 0.05) is 25.0 Å². The molecule has 0 unspecified atom stereocenters. The monoisotopic (exact) mass is 297 g/mol. The first-order valence-corrected chi connectivity index (χ1v) is 6.85. The van der Waals surface area contributed by atoms with Crippen LogP contribution in [0.25, 0.3) is 0 Å². The van der Waals surface area contributed by atoms with Crippen LogP contribution < -0.4 is 16.2 Å². The molecule has 0 atom stereocenters. The lowest BCUT2D eigenvalue weighted by Crippen LogP contribution is -2.39. The second-order valence-corrected chi connectivity index (χ2v) is 4.77. The normalized spacial score (nSPS) is 17.1. The van der Waals surface area contributed by atoms with E-state index in [0.29, 0.717) is 30.2 Å². The molecule has 0 radical (unpaired) electrons. The van der Waals surface area contributed by atoms with Crippen LogP contribution in [-0.2, 0) is 4.79 Å². The summed E-state index contributed by atoms with van der Waals surface area (Å²) in [5.74, 6) is 1.03. The number of carbonyl (C=O) groups is 1. The van der Waals surface area contributed by atoms with Gasteiger partial charge in [-0.1, -0.05) is 6.07 Å². The van der Waals surface area contributed by atoms with E-state index in [2.05, 4.69) is 36.3 Å². The van der Waals surface area contributed by atoms with E-state index in [4.69, 9.17) is 0 Å². The SMILES string of the molecule is CC(=O)NC1=CN=C(C2=NNC(c3ccccn3)=NN2)CC1. The van der Waals surface area contributed by atoms with Crippen molar-refractivity contribution in [3.63, 3.8) is 0 Å². The number of hydrazone groups is 2. The molecule has 3 heterocycles. The minimum absolute atomic E-state index is 0.0932. The number of rotatable bonds is 3. The van der Waals surface area contributed by atoms with Crippen molar-refractivity contribution in [1.82, 2.24) is 21.2 Å². The summed E-state index contributed by atoms with van der Waals surface area (Å²) in [4.78, 5) is 19.5. The van der Waals surface area contributed by atoms with E-state index in [-0.39, 0.29) is 5.91 Å². The molecule has 0 aliphatic carbocycles. The van der Waals surface area contributed by atoms with Crippen LogP contribution in [0, 0.1) is 0 Å². The van der Waals surface area contributed by atoms with Crippen molar-refractivity contribution in [2.45, 2.75) is 19.8 Å². The van der Waals surface area contributed by atoms with Crippen LogP contribution in [-0.4, -0.2) is 28.3 Å². The fourth-order valence-electron chi connectivity index (χ4n) is 2.05. The zero-order chi connectivity index (χ0) is 15.4. The van der Waals surface area contributed by atoms with Crippen molar-refractivity contribution >= 4 is 23.3 Å². The second kappa shape index (κ2) is 6.17. The van der Waals surface area contributed by atoms with E-state index >= 15 is 0 Å². The van der Waals surface area contributed by atoms with Crippen molar-refractivity contribution in [2.24, 2.45) is 15.2 Å². The molecule has 0 bridgehead atoms. The van der Waals surface area contributed by atoms with Crippen LogP contribution >= 0.6 is 0 Å². The van der Waals surface area contributed by atoms with Crippen molar-refractivity contribution < 1.29 is 4.79 Å². The van der Waals surface area contributed by atoms with Gasteiger partial charge in [0.2, 0.25) is 5.91 Å². The topological polar surface area (TPSA) is 103 Å². The second-order valence-electron chi connectivity index (χ2n) is 4.77. The molecule has 1 amide bonds. The summed E-state index contributed by atoms with van der Waals surface area (Å²) in [6.07, 6.45) is 4.71. The fourth-order valence-corrected chi connectivity index (χ4v) is 2.05. The van der Waals surface area contributed by atoms with Crippen molar-refractivity contribution in [3.05, 3.63) is 42.0 Å². The molecule has 3 rings (SSSR count). The summed E-state index contributed by atoms with van der Waals surface area (Å²) in [6, 6.07) is 5.56. The lowest BCUT2D eigenvalue weighted by Gasteiger charge is -2.18. The number of aromatic nitrogens is 1. The molecule has 0 aromatic carbocycles. The molecule has 22 heavy (non-hydrogen) atoms. The number of aliphatic imine (C=N–C) groups is 1. The van der Waals surface area contributed by atoms with Gasteiger partial charge in [0.1, 0.15) is 5.69 Å². The van der Waals surface area contributed by atoms with Gasteiger partial charge in [-0.05, 0) is 25.0 Å². The number of amides is 1. The maximum Gasteiger partial charge on any atom is 0.221 e. The van der Waals surface area contributed by atoms with Crippen LogP contribution in [0.4, 0.5) is 0 Å². The number of allylic oxidation sites excluding steroid dienone is 1.